The van der Waals surface area contributed by atoms with Crippen molar-refractivity contribution in [2.75, 3.05) is 17.7 Å². The molecule has 4 rings (SSSR count). The summed E-state index contributed by atoms with van der Waals surface area (Å²) in [6.07, 6.45) is 3.56. The molecular weight excluding hydrogens is 392 g/mol. The largest absolute Gasteiger partial charge is 0.506 e. The third kappa shape index (κ3) is 3.88. The molecule has 2 aromatic carbocycles. The van der Waals surface area contributed by atoms with Gasteiger partial charge in [-0.1, -0.05) is 12.1 Å². The van der Waals surface area contributed by atoms with Crippen molar-refractivity contribution >= 4 is 50.3 Å². The number of thiazole rings is 1. The molecule has 0 fully saturated rings. The van der Waals surface area contributed by atoms with E-state index in [-0.39, 0.29) is 5.75 Å². The normalized spacial score (nSPS) is 10.6. The highest BCUT2D eigenvalue weighted by molar-refractivity contribution is 7.80. The van der Waals surface area contributed by atoms with Crippen LogP contribution in [-0.4, -0.2) is 27.3 Å². The number of rotatable bonds is 4. The van der Waals surface area contributed by atoms with Crippen LogP contribution in [0.15, 0.2) is 60.9 Å². The minimum absolute atomic E-state index is 0.0559. The number of nitrogens with zero attached hydrogens (tertiary/aromatic N) is 2. The highest BCUT2D eigenvalue weighted by atomic mass is 32.1. The topological polar surface area (TPSA) is 79.3 Å². The Hall–Kier alpha value is -3.23. The first-order valence-corrected chi connectivity index (χ1v) is 9.61. The van der Waals surface area contributed by atoms with Gasteiger partial charge in [0.1, 0.15) is 16.5 Å². The molecule has 0 aliphatic rings. The van der Waals surface area contributed by atoms with Crippen LogP contribution in [0.4, 0.5) is 11.4 Å². The molecule has 0 radical (unpaired) electrons. The molecule has 2 heterocycles. The number of phenols is 1. The molecule has 3 N–H and O–H groups in total. The number of ether oxygens (including phenoxy) is 1. The minimum Gasteiger partial charge on any atom is -0.506 e. The monoisotopic (exact) mass is 408 g/mol. The number of anilines is 2. The van der Waals surface area contributed by atoms with Gasteiger partial charge >= 0.3 is 0 Å². The SMILES string of the molecule is COc1ccc(NC(=S)Nc2cccc(-c3nc4ccncc4s3)c2)c(O)c1. The van der Waals surface area contributed by atoms with E-state index in [2.05, 4.69) is 20.6 Å². The van der Waals surface area contributed by atoms with Crippen molar-refractivity contribution in [2.45, 2.75) is 0 Å². The molecular formula is C20H16N4O2S2. The molecule has 0 unspecified atom stereocenters. The van der Waals surface area contributed by atoms with Gasteiger partial charge in [0, 0.05) is 29.7 Å². The van der Waals surface area contributed by atoms with Crippen LogP contribution in [0.2, 0.25) is 0 Å². The van der Waals surface area contributed by atoms with Crippen molar-refractivity contribution in [3.63, 3.8) is 0 Å². The average molecular weight is 409 g/mol. The molecule has 0 spiro atoms. The van der Waals surface area contributed by atoms with E-state index >= 15 is 0 Å². The van der Waals surface area contributed by atoms with E-state index in [1.807, 2.05) is 36.5 Å². The number of fused-ring (bicyclic) bond motifs is 1. The van der Waals surface area contributed by atoms with Crippen molar-refractivity contribution in [1.29, 1.82) is 0 Å². The number of pyridine rings is 1. The second kappa shape index (κ2) is 7.79. The molecule has 0 saturated carbocycles. The van der Waals surface area contributed by atoms with Crippen LogP contribution in [-0.2, 0) is 0 Å². The van der Waals surface area contributed by atoms with E-state index in [9.17, 15) is 5.11 Å². The lowest BCUT2D eigenvalue weighted by atomic mass is 10.2. The van der Waals surface area contributed by atoms with Crippen LogP contribution in [0.3, 0.4) is 0 Å². The fourth-order valence-electron chi connectivity index (χ4n) is 2.66. The van der Waals surface area contributed by atoms with Gasteiger partial charge in [0.25, 0.3) is 0 Å². The fourth-order valence-corrected chi connectivity index (χ4v) is 3.82. The van der Waals surface area contributed by atoms with Gasteiger partial charge in [-0.05, 0) is 42.5 Å². The zero-order chi connectivity index (χ0) is 19.5. The number of phenolic OH excluding ortho intramolecular Hbond substituents is 1. The summed E-state index contributed by atoms with van der Waals surface area (Å²) in [5.74, 6) is 0.626. The molecule has 0 aliphatic heterocycles. The van der Waals surface area contributed by atoms with E-state index in [1.54, 1.807) is 36.8 Å². The van der Waals surface area contributed by atoms with E-state index in [1.165, 1.54) is 6.07 Å². The standard InChI is InChI=1S/C20H16N4O2S2/c1-26-14-5-6-15(17(25)10-14)24-20(27)22-13-4-2-3-12(9-13)19-23-16-7-8-21-11-18(16)28-19/h2-11,25H,1H3,(H2,22,24,27). The lowest BCUT2D eigenvalue weighted by Gasteiger charge is -2.13. The Kier molecular flexibility index (Phi) is 5.05. The third-order valence-corrected chi connectivity index (χ3v) is 5.27. The maximum Gasteiger partial charge on any atom is 0.175 e. The zero-order valence-electron chi connectivity index (χ0n) is 14.8. The smallest absolute Gasteiger partial charge is 0.175 e. The number of benzene rings is 2. The van der Waals surface area contributed by atoms with Crippen LogP contribution >= 0.6 is 23.6 Å². The summed E-state index contributed by atoms with van der Waals surface area (Å²) in [4.78, 5) is 8.80. The second-order valence-corrected chi connectivity index (χ2v) is 7.34. The Morgan fingerprint density at radius 3 is 2.82 bits per heavy atom. The highest BCUT2D eigenvalue weighted by Crippen LogP contribution is 2.31. The summed E-state index contributed by atoms with van der Waals surface area (Å²) in [7, 11) is 1.54. The highest BCUT2D eigenvalue weighted by Gasteiger charge is 2.09. The third-order valence-electron chi connectivity index (χ3n) is 4.01. The van der Waals surface area contributed by atoms with Gasteiger partial charge in [0.2, 0.25) is 0 Å². The number of methoxy groups -OCH3 is 1. The average Bonchev–Trinajstić information content (AvgIpc) is 3.14. The summed E-state index contributed by atoms with van der Waals surface area (Å²) in [6, 6.07) is 14.7. The number of hydrogen-bond acceptors (Lipinski definition) is 6. The molecule has 0 saturated heterocycles. The minimum atomic E-state index is 0.0559. The maximum absolute atomic E-state index is 10.1. The van der Waals surface area contributed by atoms with Crippen molar-refractivity contribution < 1.29 is 9.84 Å². The Labute approximate surface area is 170 Å². The van der Waals surface area contributed by atoms with Gasteiger partial charge in [0.15, 0.2) is 5.11 Å². The summed E-state index contributed by atoms with van der Waals surface area (Å²) in [6.45, 7) is 0. The van der Waals surface area contributed by atoms with E-state index < -0.39 is 0 Å². The zero-order valence-corrected chi connectivity index (χ0v) is 16.5. The molecule has 2 aromatic heterocycles. The van der Waals surface area contributed by atoms with E-state index in [0.717, 1.165) is 26.5 Å². The lowest BCUT2D eigenvalue weighted by Crippen LogP contribution is -2.19. The Bertz CT molecular complexity index is 1130. The summed E-state index contributed by atoms with van der Waals surface area (Å²) >= 11 is 6.96. The van der Waals surface area contributed by atoms with Crippen LogP contribution < -0.4 is 15.4 Å². The molecule has 28 heavy (non-hydrogen) atoms. The van der Waals surface area contributed by atoms with Crippen molar-refractivity contribution in [3.05, 3.63) is 60.9 Å². The first-order chi connectivity index (χ1) is 13.6. The molecule has 140 valence electrons. The number of hydrogen-bond donors (Lipinski definition) is 3. The van der Waals surface area contributed by atoms with Gasteiger partial charge in [-0.25, -0.2) is 4.98 Å². The van der Waals surface area contributed by atoms with Gasteiger partial charge in [-0.2, -0.15) is 0 Å². The summed E-state index contributed by atoms with van der Waals surface area (Å²) < 4.78 is 6.13. The molecule has 0 aliphatic carbocycles. The number of thiocarbonyl (C=S) groups is 1. The Morgan fingerprint density at radius 2 is 2.04 bits per heavy atom. The molecule has 0 atom stereocenters. The molecule has 0 bridgehead atoms. The van der Waals surface area contributed by atoms with Gasteiger partial charge in [-0.3, -0.25) is 4.98 Å². The van der Waals surface area contributed by atoms with Crippen molar-refractivity contribution in [2.24, 2.45) is 0 Å². The molecule has 8 heteroatoms. The van der Waals surface area contributed by atoms with Gasteiger partial charge in [-0.15, -0.1) is 11.3 Å². The number of aromatic hydroxyl groups is 1. The number of aromatic nitrogens is 2. The first kappa shape index (κ1) is 18.1. The summed E-state index contributed by atoms with van der Waals surface area (Å²) in [5, 5.41) is 17.5. The Morgan fingerprint density at radius 1 is 1.14 bits per heavy atom. The molecule has 0 amide bonds. The van der Waals surface area contributed by atoms with Gasteiger partial charge < -0.3 is 20.5 Å². The fraction of sp³-hybridized carbons (Fsp3) is 0.0500. The summed E-state index contributed by atoms with van der Waals surface area (Å²) in [5.41, 5.74) is 3.23. The predicted octanol–water partition coefficient (Wildman–Crippen LogP) is 4.88. The van der Waals surface area contributed by atoms with Crippen LogP contribution in [0.1, 0.15) is 0 Å². The van der Waals surface area contributed by atoms with E-state index in [0.29, 0.717) is 16.5 Å². The van der Waals surface area contributed by atoms with Crippen LogP contribution in [0, 0.1) is 0 Å². The van der Waals surface area contributed by atoms with Crippen molar-refractivity contribution in [3.8, 4) is 22.1 Å². The molecule has 6 nitrogen and oxygen atoms in total. The van der Waals surface area contributed by atoms with Crippen LogP contribution in [0.25, 0.3) is 20.8 Å². The van der Waals surface area contributed by atoms with Gasteiger partial charge in [0.05, 0.1) is 23.0 Å². The predicted molar refractivity (Wildman–Crippen MR) is 117 cm³/mol. The lowest BCUT2D eigenvalue weighted by molar-refractivity contribution is 0.408. The Balaban J connectivity index is 1.51. The quantitative estimate of drug-likeness (QED) is 0.328. The maximum atomic E-state index is 10.1. The van der Waals surface area contributed by atoms with E-state index in [4.69, 9.17) is 17.0 Å². The second-order valence-electron chi connectivity index (χ2n) is 5.91. The molecule has 4 aromatic rings. The number of nitrogens with one attached hydrogen (secondary N) is 2. The van der Waals surface area contributed by atoms with Crippen molar-refractivity contribution in [1.82, 2.24) is 9.97 Å². The first-order valence-electron chi connectivity index (χ1n) is 8.38. The van der Waals surface area contributed by atoms with Crippen LogP contribution in [0.5, 0.6) is 11.5 Å².